The summed E-state index contributed by atoms with van der Waals surface area (Å²) >= 11 is 0. The molecule has 12 heteroatoms. The molecular weight excluding hydrogens is 685 g/mol. The molecule has 0 amide bonds. The Balaban J connectivity index is 4.49. The molecule has 0 fully saturated rings. The molecule has 0 radical (unpaired) electrons. The summed E-state index contributed by atoms with van der Waals surface area (Å²) in [5.41, 5.74) is 0. The lowest BCUT2D eigenvalue weighted by atomic mass is 10.0. The molecule has 0 aromatic carbocycles. The largest absolute Gasteiger partial charge is 0.472 e. The van der Waals surface area contributed by atoms with E-state index in [2.05, 4.69) is 19.9 Å². The smallest absolute Gasteiger partial charge is 0.462 e. The minimum absolute atomic E-state index is 0.00889. The molecule has 0 aromatic heterocycles. The SMILES string of the molecule is CCCCC/C=C\C[C@@H](O)[C@H](O)CCCCCCCC(=O)OC[C@H](COP(=O)(O)OCC[N+](C)(C)C)OC(=O)CCCCCCCCCCCCC. The lowest BCUT2D eigenvalue weighted by Crippen LogP contribution is -2.37. The van der Waals surface area contributed by atoms with Gasteiger partial charge in [0.2, 0.25) is 0 Å². The number of hydrogen-bond acceptors (Lipinski definition) is 9. The first-order chi connectivity index (χ1) is 24.8. The van der Waals surface area contributed by atoms with Crippen molar-refractivity contribution < 1.29 is 52.3 Å². The third kappa shape index (κ3) is 34.4. The number of unbranched alkanes of at least 4 members (excludes halogenated alkanes) is 17. The van der Waals surface area contributed by atoms with E-state index in [1.165, 1.54) is 57.8 Å². The number of ether oxygens (including phenoxy) is 2. The van der Waals surface area contributed by atoms with Gasteiger partial charge in [-0.3, -0.25) is 18.6 Å². The lowest BCUT2D eigenvalue weighted by Gasteiger charge is -2.24. The van der Waals surface area contributed by atoms with Crippen LogP contribution in [0.2, 0.25) is 0 Å². The van der Waals surface area contributed by atoms with Crippen molar-refractivity contribution in [3.05, 3.63) is 12.2 Å². The van der Waals surface area contributed by atoms with Gasteiger partial charge in [-0.2, -0.15) is 0 Å². The highest BCUT2D eigenvalue weighted by molar-refractivity contribution is 7.47. The zero-order valence-electron chi connectivity index (χ0n) is 33.8. The number of rotatable bonds is 37. The topological polar surface area (TPSA) is 149 Å². The van der Waals surface area contributed by atoms with Gasteiger partial charge in [-0.05, 0) is 38.5 Å². The van der Waals surface area contributed by atoms with Crippen molar-refractivity contribution in [3.8, 4) is 0 Å². The molecule has 0 aliphatic rings. The molecule has 4 atom stereocenters. The fourth-order valence-corrected chi connectivity index (χ4v) is 6.31. The second-order valence-electron chi connectivity index (χ2n) is 15.3. The van der Waals surface area contributed by atoms with E-state index in [0.29, 0.717) is 36.7 Å². The highest BCUT2D eigenvalue weighted by Crippen LogP contribution is 2.43. The second kappa shape index (κ2) is 33.0. The molecule has 0 bridgehead atoms. The van der Waals surface area contributed by atoms with E-state index in [0.717, 1.165) is 57.8 Å². The van der Waals surface area contributed by atoms with Gasteiger partial charge < -0.3 is 29.1 Å². The number of esters is 2. The lowest BCUT2D eigenvalue weighted by molar-refractivity contribution is -0.870. The number of carbonyl (C=O) groups excluding carboxylic acids is 2. The van der Waals surface area contributed by atoms with Crippen molar-refractivity contribution in [2.24, 2.45) is 0 Å². The van der Waals surface area contributed by atoms with Crippen LogP contribution in [0.3, 0.4) is 0 Å². The summed E-state index contributed by atoms with van der Waals surface area (Å²) < 4.78 is 34.1. The summed E-state index contributed by atoms with van der Waals surface area (Å²) in [6, 6.07) is 0. The number of nitrogens with zero attached hydrogens (tertiary/aromatic N) is 1. The van der Waals surface area contributed by atoms with Crippen molar-refractivity contribution in [1.29, 1.82) is 0 Å². The maximum atomic E-state index is 12.6. The Morgan fingerprint density at radius 3 is 1.75 bits per heavy atom. The van der Waals surface area contributed by atoms with Crippen molar-refractivity contribution in [3.63, 3.8) is 0 Å². The van der Waals surface area contributed by atoms with Crippen LogP contribution in [0.5, 0.6) is 0 Å². The average Bonchev–Trinajstić information content (AvgIpc) is 3.08. The Bertz CT molecular complexity index is 942. The van der Waals surface area contributed by atoms with E-state index in [9.17, 15) is 29.3 Å². The fourth-order valence-electron chi connectivity index (χ4n) is 5.57. The van der Waals surface area contributed by atoms with Crippen molar-refractivity contribution in [2.45, 2.75) is 186 Å². The molecule has 0 saturated heterocycles. The summed E-state index contributed by atoms with van der Waals surface area (Å²) in [7, 11) is 1.39. The molecule has 52 heavy (non-hydrogen) atoms. The number of likely N-dealkylation sites (N-methyl/N-ethyl adjacent to an activating group) is 1. The first-order valence-electron chi connectivity index (χ1n) is 20.6. The normalized spacial score (nSPS) is 15.0. The third-order valence-electron chi connectivity index (χ3n) is 9.00. The zero-order chi connectivity index (χ0) is 38.9. The van der Waals surface area contributed by atoms with E-state index < -0.39 is 44.7 Å². The van der Waals surface area contributed by atoms with Crippen LogP contribution in [0.25, 0.3) is 0 Å². The Morgan fingerprint density at radius 2 is 1.17 bits per heavy atom. The van der Waals surface area contributed by atoms with E-state index in [1.54, 1.807) is 0 Å². The van der Waals surface area contributed by atoms with Gasteiger partial charge in [0.25, 0.3) is 0 Å². The van der Waals surface area contributed by atoms with Gasteiger partial charge in [0, 0.05) is 12.8 Å². The number of allylic oxidation sites excluding steroid dienone is 1. The number of aliphatic hydroxyl groups is 2. The van der Waals surface area contributed by atoms with Gasteiger partial charge in [-0.15, -0.1) is 0 Å². The molecule has 0 heterocycles. The van der Waals surface area contributed by atoms with Crippen LogP contribution in [0, 0.1) is 0 Å². The van der Waals surface area contributed by atoms with Crippen LogP contribution in [-0.4, -0.2) is 97.3 Å². The van der Waals surface area contributed by atoms with Crippen LogP contribution in [-0.2, 0) is 32.7 Å². The number of phosphoric acid groups is 1. The number of hydrogen-bond donors (Lipinski definition) is 3. The molecule has 0 spiro atoms. The Hall–Kier alpha value is -1.33. The highest BCUT2D eigenvalue weighted by atomic mass is 31.2. The summed E-state index contributed by atoms with van der Waals surface area (Å²) in [4.78, 5) is 35.2. The fraction of sp³-hybridized carbons (Fsp3) is 0.900. The summed E-state index contributed by atoms with van der Waals surface area (Å²) in [6.45, 7) is 4.17. The third-order valence-corrected chi connectivity index (χ3v) is 9.98. The summed E-state index contributed by atoms with van der Waals surface area (Å²) in [5, 5.41) is 20.4. The monoisotopic (exact) mass is 765 g/mol. The van der Waals surface area contributed by atoms with Crippen LogP contribution >= 0.6 is 7.82 Å². The van der Waals surface area contributed by atoms with Gasteiger partial charge in [0.15, 0.2) is 6.10 Å². The molecule has 1 unspecified atom stereocenters. The number of quaternary nitrogens is 1. The van der Waals surface area contributed by atoms with Gasteiger partial charge in [0.1, 0.15) is 19.8 Å². The van der Waals surface area contributed by atoms with Crippen molar-refractivity contribution in [1.82, 2.24) is 0 Å². The minimum atomic E-state index is -4.40. The molecule has 0 aromatic rings. The number of phosphoric ester groups is 1. The van der Waals surface area contributed by atoms with Gasteiger partial charge >= 0.3 is 19.8 Å². The predicted molar refractivity (Wildman–Crippen MR) is 209 cm³/mol. The van der Waals surface area contributed by atoms with Crippen LogP contribution < -0.4 is 0 Å². The quantitative estimate of drug-likeness (QED) is 0.0184. The van der Waals surface area contributed by atoms with Gasteiger partial charge in [0.05, 0.1) is 40.0 Å². The van der Waals surface area contributed by atoms with E-state index >= 15 is 0 Å². The molecule has 0 saturated carbocycles. The first kappa shape index (κ1) is 50.7. The Labute approximate surface area is 317 Å². The molecule has 308 valence electrons. The average molecular weight is 765 g/mol. The molecule has 3 N–H and O–H groups in total. The molecular formula is C40H79NO10P+. The molecule has 0 aliphatic carbocycles. The molecule has 11 nitrogen and oxygen atoms in total. The zero-order valence-corrected chi connectivity index (χ0v) is 34.7. The predicted octanol–water partition coefficient (Wildman–Crippen LogP) is 8.96. The van der Waals surface area contributed by atoms with E-state index in [-0.39, 0.29) is 26.1 Å². The standard InChI is InChI=1S/C40H78NO10P/c1-6-8-10-12-14-15-16-17-18-22-27-31-40(45)51-36(35-50-52(46,47)49-33-32-41(3,4)5)34-48-39(44)30-26-23-19-21-25-29-38(43)37(42)28-24-20-13-11-9-7-2/h20,24,36-38,42-43H,6-19,21-23,25-35H2,1-5H3/p+1/b24-20-/t36-,37-,38-/m1/s1. The molecule has 0 aliphatic heterocycles. The summed E-state index contributed by atoms with van der Waals surface area (Å²) in [6.07, 6.45) is 24.3. The van der Waals surface area contributed by atoms with Crippen LogP contribution in [0.1, 0.15) is 168 Å². The van der Waals surface area contributed by atoms with Crippen LogP contribution in [0.15, 0.2) is 12.2 Å². The molecule has 0 rings (SSSR count). The Kier molecular flexibility index (Phi) is 32.2. The van der Waals surface area contributed by atoms with E-state index in [4.69, 9.17) is 18.5 Å². The van der Waals surface area contributed by atoms with Gasteiger partial charge in [-0.1, -0.05) is 129 Å². The van der Waals surface area contributed by atoms with E-state index in [1.807, 2.05) is 27.2 Å². The van der Waals surface area contributed by atoms with Crippen molar-refractivity contribution >= 4 is 19.8 Å². The van der Waals surface area contributed by atoms with Crippen molar-refractivity contribution in [2.75, 3.05) is 47.5 Å². The Morgan fingerprint density at radius 1 is 0.654 bits per heavy atom. The second-order valence-corrected chi connectivity index (χ2v) is 16.8. The maximum Gasteiger partial charge on any atom is 0.472 e. The highest BCUT2D eigenvalue weighted by Gasteiger charge is 2.27. The number of carbonyl (C=O) groups is 2. The number of aliphatic hydroxyl groups excluding tert-OH is 2. The minimum Gasteiger partial charge on any atom is -0.462 e. The van der Waals surface area contributed by atoms with Gasteiger partial charge in [-0.25, -0.2) is 4.57 Å². The first-order valence-corrected chi connectivity index (χ1v) is 22.1. The van der Waals surface area contributed by atoms with Crippen LogP contribution in [0.4, 0.5) is 0 Å². The summed E-state index contributed by atoms with van der Waals surface area (Å²) in [5.74, 6) is -0.908. The maximum absolute atomic E-state index is 12.6.